The molecule has 5 nitrogen and oxygen atoms in total. The molecule has 0 aliphatic carbocycles. The van der Waals surface area contributed by atoms with Gasteiger partial charge in [-0.25, -0.2) is 8.78 Å². The Morgan fingerprint density at radius 3 is 2.53 bits per heavy atom. The Morgan fingerprint density at radius 1 is 1.37 bits per heavy atom. The molecule has 0 aromatic heterocycles. The second-order valence-electron chi connectivity index (χ2n) is 4.65. The third-order valence-corrected chi connectivity index (χ3v) is 3.51. The van der Waals surface area contributed by atoms with Crippen LogP contribution in [0.15, 0.2) is 12.1 Å². The van der Waals surface area contributed by atoms with Gasteiger partial charge < -0.3 is 10.6 Å². The lowest BCUT2D eigenvalue weighted by atomic mass is 9.96. The third kappa shape index (κ3) is 2.65. The molecule has 104 valence electrons. The van der Waals surface area contributed by atoms with Crippen LogP contribution in [-0.4, -0.2) is 24.6 Å². The number of halogens is 2. The molecule has 19 heavy (non-hydrogen) atoms. The largest absolute Gasteiger partial charge is 0.363 e. The molecule has 2 N–H and O–H groups in total. The predicted octanol–water partition coefficient (Wildman–Crippen LogP) is 2.05. The normalized spacial score (nSPS) is 16.7. The lowest BCUT2D eigenvalue weighted by Gasteiger charge is -2.32. The van der Waals surface area contributed by atoms with E-state index in [4.69, 9.17) is 5.73 Å². The van der Waals surface area contributed by atoms with Crippen LogP contribution in [0.3, 0.4) is 0 Å². The van der Waals surface area contributed by atoms with Crippen LogP contribution in [0, 0.1) is 27.7 Å². The van der Waals surface area contributed by atoms with Gasteiger partial charge in [-0.1, -0.05) is 0 Å². The highest BCUT2D eigenvalue weighted by molar-refractivity contribution is 5.64. The van der Waals surface area contributed by atoms with Gasteiger partial charge in [-0.05, 0) is 31.4 Å². The summed E-state index contributed by atoms with van der Waals surface area (Å²) in [6, 6.07) is 1.78. The van der Waals surface area contributed by atoms with Crippen LogP contribution in [-0.2, 0) is 0 Å². The lowest BCUT2D eigenvalue weighted by molar-refractivity contribution is -0.384. The Labute approximate surface area is 109 Å². The van der Waals surface area contributed by atoms with E-state index in [-0.39, 0.29) is 5.69 Å². The molecule has 1 fully saturated rings. The van der Waals surface area contributed by atoms with Crippen molar-refractivity contribution < 1.29 is 13.7 Å². The first-order valence-corrected chi connectivity index (χ1v) is 6.12. The second kappa shape index (κ2) is 5.48. The highest BCUT2D eigenvalue weighted by atomic mass is 19.2. The van der Waals surface area contributed by atoms with Crippen molar-refractivity contribution in [3.63, 3.8) is 0 Å². The zero-order valence-electron chi connectivity index (χ0n) is 10.3. The van der Waals surface area contributed by atoms with Crippen LogP contribution < -0.4 is 10.6 Å². The number of nitrogens with two attached hydrogens (primary N) is 1. The number of rotatable bonds is 3. The van der Waals surface area contributed by atoms with E-state index >= 15 is 0 Å². The maximum atomic E-state index is 13.8. The van der Waals surface area contributed by atoms with Gasteiger partial charge >= 0.3 is 0 Å². The van der Waals surface area contributed by atoms with E-state index in [2.05, 4.69) is 0 Å². The minimum Gasteiger partial charge on any atom is -0.363 e. The lowest BCUT2D eigenvalue weighted by Crippen LogP contribution is -2.37. The number of hydrogen-bond donors (Lipinski definition) is 1. The smallest absolute Gasteiger partial charge is 0.295 e. The fourth-order valence-corrected chi connectivity index (χ4v) is 2.37. The number of hydrogen-bond acceptors (Lipinski definition) is 4. The highest BCUT2D eigenvalue weighted by Gasteiger charge is 2.29. The summed E-state index contributed by atoms with van der Waals surface area (Å²) in [5.41, 5.74) is 4.91. The van der Waals surface area contributed by atoms with Gasteiger partial charge in [0.1, 0.15) is 0 Å². The van der Waals surface area contributed by atoms with Crippen molar-refractivity contribution in [2.75, 3.05) is 24.5 Å². The third-order valence-electron chi connectivity index (χ3n) is 3.51. The van der Waals surface area contributed by atoms with Crippen molar-refractivity contribution >= 4 is 11.4 Å². The predicted molar refractivity (Wildman–Crippen MR) is 67.0 cm³/mol. The van der Waals surface area contributed by atoms with Gasteiger partial charge in [0.25, 0.3) is 5.69 Å². The van der Waals surface area contributed by atoms with Crippen molar-refractivity contribution in [2.24, 2.45) is 11.7 Å². The summed E-state index contributed by atoms with van der Waals surface area (Å²) in [6.45, 7) is 1.44. The van der Waals surface area contributed by atoms with E-state index in [1.54, 1.807) is 0 Å². The Morgan fingerprint density at radius 2 is 2.00 bits per heavy atom. The number of nitro benzene ring substituents is 1. The van der Waals surface area contributed by atoms with Crippen molar-refractivity contribution in [3.8, 4) is 0 Å². The minimum atomic E-state index is -1.15. The van der Waals surface area contributed by atoms with Gasteiger partial charge in [-0.2, -0.15) is 0 Å². The van der Waals surface area contributed by atoms with Crippen LogP contribution in [0.4, 0.5) is 20.2 Å². The molecule has 1 aliphatic rings. The molecule has 1 heterocycles. The molecule has 1 aromatic rings. The van der Waals surface area contributed by atoms with E-state index in [9.17, 15) is 18.9 Å². The first-order chi connectivity index (χ1) is 9.04. The molecule has 0 saturated carbocycles. The zero-order valence-corrected chi connectivity index (χ0v) is 10.3. The first-order valence-electron chi connectivity index (χ1n) is 6.12. The van der Waals surface area contributed by atoms with Crippen molar-refractivity contribution in [3.05, 3.63) is 33.9 Å². The van der Waals surface area contributed by atoms with E-state index in [1.165, 1.54) is 4.90 Å². The van der Waals surface area contributed by atoms with Gasteiger partial charge in [0, 0.05) is 19.2 Å². The highest BCUT2D eigenvalue weighted by Crippen LogP contribution is 2.34. The molecule has 0 atom stereocenters. The summed E-state index contributed by atoms with van der Waals surface area (Å²) < 4.78 is 27.1. The van der Waals surface area contributed by atoms with Crippen LogP contribution in [0.1, 0.15) is 12.8 Å². The van der Waals surface area contributed by atoms with Gasteiger partial charge in [0.15, 0.2) is 17.3 Å². The van der Waals surface area contributed by atoms with Crippen LogP contribution in [0.2, 0.25) is 0 Å². The number of nitro groups is 1. The van der Waals surface area contributed by atoms with E-state index in [0.717, 1.165) is 25.0 Å². The van der Waals surface area contributed by atoms with E-state index < -0.39 is 22.2 Å². The Kier molecular flexibility index (Phi) is 3.94. The Hall–Kier alpha value is -1.76. The molecule has 2 rings (SSSR count). The molecule has 1 saturated heterocycles. The number of anilines is 1. The van der Waals surface area contributed by atoms with Crippen LogP contribution in [0.25, 0.3) is 0 Å². The molecule has 0 bridgehead atoms. The van der Waals surface area contributed by atoms with E-state index in [1.807, 2.05) is 0 Å². The fourth-order valence-electron chi connectivity index (χ4n) is 2.37. The summed E-state index contributed by atoms with van der Waals surface area (Å²) >= 11 is 0. The summed E-state index contributed by atoms with van der Waals surface area (Å²) in [5.74, 6) is -1.88. The number of piperidine rings is 1. The monoisotopic (exact) mass is 271 g/mol. The first kappa shape index (κ1) is 13.7. The molecule has 7 heteroatoms. The quantitative estimate of drug-likeness (QED) is 0.674. The Bertz CT molecular complexity index is 488. The molecule has 1 aromatic carbocycles. The average Bonchev–Trinajstić information content (AvgIpc) is 2.41. The molecule has 0 radical (unpaired) electrons. The standard InChI is InChI=1S/C12H15F2N3O2/c13-9-1-2-10(17(18)19)12(11(9)14)16-5-3-8(7-15)4-6-16/h1-2,8H,3-7,15H2. The summed E-state index contributed by atoms with van der Waals surface area (Å²) in [6.07, 6.45) is 1.45. The SMILES string of the molecule is NCC1CCN(c2c([N+](=O)[O-])ccc(F)c2F)CC1. The van der Waals surface area contributed by atoms with Crippen molar-refractivity contribution in [1.29, 1.82) is 0 Å². The topological polar surface area (TPSA) is 72.4 Å². The van der Waals surface area contributed by atoms with Gasteiger partial charge in [0.2, 0.25) is 0 Å². The van der Waals surface area contributed by atoms with Crippen molar-refractivity contribution in [2.45, 2.75) is 12.8 Å². The molecule has 1 aliphatic heterocycles. The van der Waals surface area contributed by atoms with Gasteiger partial charge in [0.05, 0.1) is 4.92 Å². The summed E-state index contributed by atoms with van der Waals surface area (Å²) in [5, 5.41) is 10.9. The second-order valence-corrected chi connectivity index (χ2v) is 4.65. The van der Waals surface area contributed by atoms with E-state index in [0.29, 0.717) is 25.6 Å². The average molecular weight is 271 g/mol. The molecule has 0 unspecified atom stereocenters. The molecule has 0 amide bonds. The zero-order chi connectivity index (χ0) is 14.0. The van der Waals surface area contributed by atoms with Crippen LogP contribution >= 0.6 is 0 Å². The summed E-state index contributed by atoms with van der Waals surface area (Å²) in [4.78, 5) is 11.8. The van der Waals surface area contributed by atoms with Gasteiger partial charge in [-0.15, -0.1) is 0 Å². The minimum absolute atomic E-state index is 0.250. The fraction of sp³-hybridized carbons (Fsp3) is 0.500. The maximum Gasteiger partial charge on any atom is 0.295 e. The van der Waals surface area contributed by atoms with Crippen LogP contribution in [0.5, 0.6) is 0 Å². The maximum absolute atomic E-state index is 13.8. The molecule has 0 spiro atoms. The molecular formula is C12H15F2N3O2. The molecular weight excluding hydrogens is 256 g/mol. The summed E-state index contributed by atoms with van der Waals surface area (Å²) in [7, 11) is 0. The number of nitrogens with zero attached hydrogens (tertiary/aromatic N) is 2. The van der Waals surface area contributed by atoms with Gasteiger partial charge in [-0.3, -0.25) is 10.1 Å². The Balaban J connectivity index is 2.33. The van der Waals surface area contributed by atoms with Crippen molar-refractivity contribution in [1.82, 2.24) is 0 Å². The number of benzene rings is 1.